The second-order valence-electron chi connectivity index (χ2n) is 4.81. The number of benzene rings is 1. The Balaban J connectivity index is 1.79. The van der Waals surface area contributed by atoms with Crippen LogP contribution in [0.4, 0.5) is 0 Å². The molecule has 0 saturated carbocycles. The molecule has 1 aromatic carbocycles. The summed E-state index contributed by atoms with van der Waals surface area (Å²) in [6.45, 7) is 2.02. The van der Waals surface area contributed by atoms with Gasteiger partial charge in [-0.3, -0.25) is 4.98 Å². The van der Waals surface area contributed by atoms with E-state index in [1.807, 2.05) is 30.8 Å². The van der Waals surface area contributed by atoms with E-state index in [1.54, 1.807) is 0 Å². The summed E-state index contributed by atoms with van der Waals surface area (Å²) in [5.74, 6) is 0. The predicted molar refractivity (Wildman–Crippen MR) is 74.9 cm³/mol. The molecule has 0 bridgehead atoms. The van der Waals surface area contributed by atoms with Gasteiger partial charge < -0.3 is 0 Å². The monoisotopic (exact) mass is 252 g/mol. The van der Waals surface area contributed by atoms with Crippen LogP contribution in [0.5, 0.6) is 0 Å². The van der Waals surface area contributed by atoms with Crippen molar-refractivity contribution in [2.24, 2.45) is 7.05 Å². The van der Waals surface area contributed by atoms with E-state index in [0.29, 0.717) is 0 Å². The lowest BCUT2D eigenvalue weighted by molar-refractivity contribution is 0.736. The van der Waals surface area contributed by atoms with Crippen molar-refractivity contribution in [3.8, 4) is 0 Å². The van der Waals surface area contributed by atoms with Gasteiger partial charge >= 0.3 is 0 Å². The van der Waals surface area contributed by atoms with Crippen LogP contribution in [0.2, 0.25) is 0 Å². The minimum atomic E-state index is 0.944. The van der Waals surface area contributed by atoms with E-state index in [1.165, 1.54) is 5.56 Å². The van der Waals surface area contributed by atoms with Gasteiger partial charge in [0.2, 0.25) is 0 Å². The molecular weight excluding hydrogens is 236 g/mol. The van der Waals surface area contributed by atoms with E-state index in [2.05, 4.69) is 39.6 Å². The first-order valence-electron chi connectivity index (χ1n) is 6.43. The third-order valence-corrected chi connectivity index (χ3v) is 3.29. The van der Waals surface area contributed by atoms with Crippen LogP contribution >= 0.6 is 0 Å². The Morgan fingerprint density at radius 2 is 2.00 bits per heavy atom. The molecule has 19 heavy (non-hydrogen) atoms. The summed E-state index contributed by atoms with van der Waals surface area (Å²) in [6, 6.07) is 12.5. The highest BCUT2D eigenvalue weighted by Gasteiger charge is 2.03. The van der Waals surface area contributed by atoms with Crippen LogP contribution in [-0.4, -0.2) is 20.0 Å². The van der Waals surface area contributed by atoms with Crippen molar-refractivity contribution in [3.63, 3.8) is 0 Å². The van der Waals surface area contributed by atoms with Crippen LogP contribution in [0.15, 0.2) is 36.4 Å². The van der Waals surface area contributed by atoms with Gasteiger partial charge in [-0.05, 0) is 49.6 Å². The first-order chi connectivity index (χ1) is 9.22. The highest BCUT2D eigenvalue weighted by Crippen LogP contribution is 2.14. The molecule has 4 heteroatoms. The van der Waals surface area contributed by atoms with Crippen molar-refractivity contribution in [1.29, 1.82) is 0 Å². The van der Waals surface area contributed by atoms with Gasteiger partial charge in [0.1, 0.15) is 5.52 Å². The molecule has 0 atom stereocenters. The molecule has 2 heterocycles. The summed E-state index contributed by atoms with van der Waals surface area (Å²) in [5, 5.41) is 8.11. The molecule has 96 valence electrons. The van der Waals surface area contributed by atoms with Crippen LogP contribution in [-0.2, 0) is 19.9 Å². The van der Waals surface area contributed by atoms with Crippen LogP contribution in [0.25, 0.3) is 11.0 Å². The highest BCUT2D eigenvalue weighted by atomic mass is 15.4. The largest absolute Gasteiger partial charge is 0.258 e. The molecule has 3 aromatic rings. The fraction of sp³-hybridized carbons (Fsp3) is 0.267. The van der Waals surface area contributed by atoms with Crippen molar-refractivity contribution in [1.82, 2.24) is 20.0 Å². The van der Waals surface area contributed by atoms with Gasteiger partial charge in [-0.1, -0.05) is 17.3 Å². The van der Waals surface area contributed by atoms with Gasteiger partial charge in [-0.15, -0.1) is 5.10 Å². The van der Waals surface area contributed by atoms with E-state index in [0.717, 1.165) is 35.3 Å². The Labute approximate surface area is 112 Å². The van der Waals surface area contributed by atoms with Crippen LogP contribution in [0, 0.1) is 6.92 Å². The van der Waals surface area contributed by atoms with Gasteiger partial charge in [0.05, 0.1) is 5.52 Å². The quantitative estimate of drug-likeness (QED) is 0.719. The average Bonchev–Trinajstić information content (AvgIpc) is 2.78. The fourth-order valence-corrected chi connectivity index (χ4v) is 2.24. The summed E-state index contributed by atoms with van der Waals surface area (Å²) in [6.07, 6.45) is 1.94. The van der Waals surface area contributed by atoms with E-state index in [4.69, 9.17) is 0 Å². The van der Waals surface area contributed by atoms with Gasteiger partial charge in [0.15, 0.2) is 0 Å². The van der Waals surface area contributed by atoms with E-state index in [9.17, 15) is 0 Å². The molecule has 0 radical (unpaired) electrons. The zero-order valence-electron chi connectivity index (χ0n) is 11.2. The van der Waals surface area contributed by atoms with Crippen LogP contribution < -0.4 is 0 Å². The molecule has 0 aliphatic rings. The maximum atomic E-state index is 4.53. The van der Waals surface area contributed by atoms with E-state index in [-0.39, 0.29) is 0 Å². The Morgan fingerprint density at radius 3 is 2.84 bits per heavy atom. The molecule has 0 aliphatic carbocycles. The summed E-state index contributed by atoms with van der Waals surface area (Å²) in [5.41, 5.74) is 5.53. The topological polar surface area (TPSA) is 43.6 Å². The van der Waals surface area contributed by atoms with Crippen molar-refractivity contribution in [2.45, 2.75) is 19.8 Å². The third kappa shape index (κ3) is 2.47. The molecule has 0 unspecified atom stereocenters. The lowest BCUT2D eigenvalue weighted by Crippen LogP contribution is -1.96. The highest BCUT2D eigenvalue weighted by molar-refractivity contribution is 5.74. The molecule has 2 aromatic heterocycles. The maximum Gasteiger partial charge on any atom is 0.113 e. The molecule has 0 spiro atoms. The van der Waals surface area contributed by atoms with Gasteiger partial charge in [-0.25, -0.2) is 4.68 Å². The molecule has 0 saturated heterocycles. The molecule has 0 aliphatic heterocycles. The average molecular weight is 252 g/mol. The summed E-state index contributed by atoms with van der Waals surface area (Å²) in [7, 11) is 1.92. The molecule has 0 N–H and O–H groups in total. The maximum absolute atomic E-state index is 4.53. The third-order valence-electron chi connectivity index (χ3n) is 3.29. The number of aromatic nitrogens is 4. The molecule has 0 fully saturated rings. The van der Waals surface area contributed by atoms with E-state index >= 15 is 0 Å². The number of pyridine rings is 1. The predicted octanol–water partition coefficient (Wildman–Crippen LogP) is 2.46. The summed E-state index contributed by atoms with van der Waals surface area (Å²) in [4.78, 5) is 4.53. The first kappa shape index (κ1) is 11.8. The van der Waals surface area contributed by atoms with Crippen molar-refractivity contribution in [3.05, 3.63) is 53.3 Å². The summed E-state index contributed by atoms with van der Waals surface area (Å²) >= 11 is 0. The zero-order chi connectivity index (χ0) is 13.2. The Hall–Kier alpha value is -2.23. The second kappa shape index (κ2) is 4.80. The normalized spacial score (nSPS) is 11.1. The minimum Gasteiger partial charge on any atom is -0.258 e. The smallest absolute Gasteiger partial charge is 0.113 e. The Bertz CT molecular complexity index is 715. The lowest BCUT2D eigenvalue weighted by Gasteiger charge is -2.03. The van der Waals surface area contributed by atoms with Crippen molar-refractivity contribution >= 4 is 11.0 Å². The number of aryl methyl sites for hydroxylation is 4. The molecule has 3 rings (SSSR count). The molecular formula is C15H16N4. The second-order valence-corrected chi connectivity index (χ2v) is 4.81. The Morgan fingerprint density at radius 1 is 1.11 bits per heavy atom. The molecule has 0 amide bonds. The Kier molecular flexibility index (Phi) is 2.99. The lowest BCUT2D eigenvalue weighted by atomic mass is 10.1. The standard InChI is InChI=1S/C15H16N4/c1-11-4-3-5-13(16-11)8-6-12-7-9-14-15(10-12)19(2)18-17-14/h3-5,7,9-10H,6,8H2,1-2H3. The van der Waals surface area contributed by atoms with Gasteiger partial charge in [-0.2, -0.15) is 0 Å². The van der Waals surface area contributed by atoms with Crippen molar-refractivity contribution in [2.75, 3.05) is 0 Å². The first-order valence-corrected chi connectivity index (χ1v) is 6.43. The number of nitrogens with zero attached hydrogens (tertiary/aromatic N) is 4. The molecule has 4 nitrogen and oxygen atoms in total. The van der Waals surface area contributed by atoms with Crippen LogP contribution in [0.1, 0.15) is 17.0 Å². The number of fused-ring (bicyclic) bond motifs is 1. The summed E-state index contributed by atoms with van der Waals surface area (Å²) < 4.78 is 1.81. The zero-order valence-corrected chi connectivity index (χ0v) is 11.2. The minimum absolute atomic E-state index is 0.944. The SMILES string of the molecule is Cc1cccc(CCc2ccc3nnn(C)c3c2)n1. The number of rotatable bonds is 3. The number of hydrogen-bond acceptors (Lipinski definition) is 3. The fourth-order valence-electron chi connectivity index (χ4n) is 2.24. The van der Waals surface area contributed by atoms with Gasteiger partial charge in [0.25, 0.3) is 0 Å². The van der Waals surface area contributed by atoms with Gasteiger partial charge in [0, 0.05) is 18.4 Å². The van der Waals surface area contributed by atoms with Crippen molar-refractivity contribution < 1.29 is 0 Å². The number of hydrogen-bond donors (Lipinski definition) is 0. The van der Waals surface area contributed by atoms with Crippen LogP contribution in [0.3, 0.4) is 0 Å². The van der Waals surface area contributed by atoms with E-state index < -0.39 is 0 Å².